The lowest BCUT2D eigenvalue weighted by molar-refractivity contribution is -0.118. The highest BCUT2D eigenvalue weighted by Gasteiger charge is 2.23. The Morgan fingerprint density at radius 1 is 1.42 bits per heavy atom. The van der Waals surface area contributed by atoms with Gasteiger partial charge in [-0.2, -0.15) is 0 Å². The quantitative estimate of drug-likeness (QED) is 0.770. The fourth-order valence-electron chi connectivity index (χ4n) is 2.96. The summed E-state index contributed by atoms with van der Waals surface area (Å²) >= 11 is 3.11. The van der Waals surface area contributed by atoms with Crippen molar-refractivity contribution in [3.63, 3.8) is 0 Å². The van der Waals surface area contributed by atoms with Crippen molar-refractivity contribution in [1.29, 1.82) is 0 Å². The number of thioether (sulfide) groups is 1. The van der Waals surface area contributed by atoms with Crippen molar-refractivity contribution in [2.45, 2.75) is 23.6 Å². The van der Waals surface area contributed by atoms with Gasteiger partial charge in [0.25, 0.3) is 0 Å². The zero-order valence-electron chi connectivity index (χ0n) is 13.9. The fraction of sp³-hybridized carbons (Fsp3) is 0.444. The van der Waals surface area contributed by atoms with Crippen LogP contribution in [0.25, 0.3) is 0 Å². The number of likely N-dealkylation sites (tertiary alicyclic amines) is 1. The largest absolute Gasteiger partial charge is 0.354 e. The van der Waals surface area contributed by atoms with E-state index < -0.39 is 0 Å². The Bertz CT molecular complexity index is 659. The molecule has 1 aromatic heterocycles. The summed E-state index contributed by atoms with van der Waals surface area (Å²) in [5, 5.41) is 5.03. The number of rotatable bonds is 7. The number of hydrogen-bond donors (Lipinski definition) is 1. The van der Waals surface area contributed by atoms with E-state index in [0.29, 0.717) is 11.7 Å². The molecule has 128 valence electrons. The van der Waals surface area contributed by atoms with Gasteiger partial charge in [-0.1, -0.05) is 42.1 Å². The van der Waals surface area contributed by atoms with Gasteiger partial charge in [0.2, 0.25) is 5.91 Å². The maximum Gasteiger partial charge on any atom is 0.230 e. The molecular formula is C18H23N3OS2. The van der Waals surface area contributed by atoms with Crippen LogP contribution in [0.3, 0.4) is 0 Å². The average molecular weight is 362 g/mol. The summed E-state index contributed by atoms with van der Waals surface area (Å²) in [6.07, 6.45) is 1.21. The summed E-state index contributed by atoms with van der Waals surface area (Å²) in [7, 11) is 0. The minimum absolute atomic E-state index is 0.0895. The third kappa shape index (κ3) is 5.06. The maximum atomic E-state index is 11.9. The Morgan fingerprint density at radius 2 is 2.25 bits per heavy atom. The van der Waals surface area contributed by atoms with Crippen LogP contribution in [0, 0.1) is 6.92 Å². The molecule has 3 rings (SSSR count). The van der Waals surface area contributed by atoms with Crippen molar-refractivity contribution in [2.75, 3.05) is 31.9 Å². The molecule has 1 aliphatic rings. The second kappa shape index (κ2) is 8.65. The van der Waals surface area contributed by atoms with E-state index in [2.05, 4.69) is 45.5 Å². The van der Waals surface area contributed by atoms with Crippen molar-refractivity contribution >= 4 is 29.0 Å². The number of nitrogens with one attached hydrogen (secondary N) is 1. The average Bonchev–Trinajstić information content (AvgIpc) is 3.23. The number of benzene rings is 1. The predicted molar refractivity (Wildman–Crippen MR) is 101 cm³/mol. The Morgan fingerprint density at radius 3 is 3.00 bits per heavy atom. The number of amides is 1. The molecule has 1 saturated heterocycles. The van der Waals surface area contributed by atoms with Gasteiger partial charge in [-0.15, -0.1) is 11.3 Å². The van der Waals surface area contributed by atoms with Crippen molar-refractivity contribution in [3.05, 3.63) is 47.0 Å². The number of thiazole rings is 1. The molecule has 1 atom stereocenters. The van der Waals surface area contributed by atoms with E-state index in [1.807, 2.05) is 12.3 Å². The summed E-state index contributed by atoms with van der Waals surface area (Å²) in [6.45, 7) is 5.82. The Hall–Kier alpha value is -1.37. The molecule has 2 heterocycles. The van der Waals surface area contributed by atoms with Crippen LogP contribution in [0.15, 0.2) is 40.1 Å². The Kier molecular flexibility index (Phi) is 6.29. The minimum Gasteiger partial charge on any atom is -0.354 e. The molecule has 1 aromatic carbocycles. The molecule has 1 amide bonds. The fourth-order valence-corrected chi connectivity index (χ4v) is 4.64. The van der Waals surface area contributed by atoms with Crippen LogP contribution in [0.1, 0.15) is 23.6 Å². The van der Waals surface area contributed by atoms with Gasteiger partial charge in [-0.25, -0.2) is 4.98 Å². The van der Waals surface area contributed by atoms with Gasteiger partial charge in [-0.3, -0.25) is 4.79 Å². The van der Waals surface area contributed by atoms with Crippen LogP contribution in [0.5, 0.6) is 0 Å². The van der Waals surface area contributed by atoms with Crippen molar-refractivity contribution in [2.24, 2.45) is 0 Å². The first kappa shape index (κ1) is 17.5. The van der Waals surface area contributed by atoms with E-state index in [1.54, 1.807) is 11.3 Å². The molecule has 1 N–H and O–H groups in total. The van der Waals surface area contributed by atoms with Gasteiger partial charge < -0.3 is 10.2 Å². The Labute approximate surface area is 151 Å². The van der Waals surface area contributed by atoms with E-state index in [0.717, 1.165) is 36.2 Å². The first-order valence-electron chi connectivity index (χ1n) is 8.29. The lowest BCUT2D eigenvalue weighted by atomic mass is 9.99. The second-order valence-electron chi connectivity index (χ2n) is 6.09. The maximum absolute atomic E-state index is 11.9. The number of carbonyl (C=O) groups is 1. The van der Waals surface area contributed by atoms with Crippen LogP contribution in [-0.4, -0.2) is 47.7 Å². The van der Waals surface area contributed by atoms with E-state index in [9.17, 15) is 4.79 Å². The number of aryl methyl sites for hydroxylation is 1. The molecule has 2 aromatic rings. The Balaban J connectivity index is 1.33. The molecule has 6 heteroatoms. The molecule has 0 radical (unpaired) electrons. The first-order chi connectivity index (χ1) is 11.7. The van der Waals surface area contributed by atoms with Gasteiger partial charge in [0.1, 0.15) is 0 Å². The van der Waals surface area contributed by atoms with Crippen LogP contribution in [0.2, 0.25) is 0 Å². The lowest BCUT2D eigenvalue weighted by Gasteiger charge is -2.16. The van der Waals surface area contributed by atoms with E-state index in [-0.39, 0.29) is 5.91 Å². The smallest absolute Gasteiger partial charge is 0.230 e. The third-order valence-electron chi connectivity index (χ3n) is 4.22. The zero-order valence-corrected chi connectivity index (χ0v) is 15.5. The standard InChI is InChI=1S/C18H23N3OS2/c1-14-12-23-18(20-14)24-13-17(22)19-8-10-21-9-7-16(11-21)15-5-3-2-4-6-15/h2-6,12,16H,7-11,13H2,1H3,(H,19,22)/t16-/m1/s1. The summed E-state index contributed by atoms with van der Waals surface area (Å²) in [4.78, 5) is 18.7. The summed E-state index contributed by atoms with van der Waals surface area (Å²) in [6, 6.07) is 10.7. The van der Waals surface area contributed by atoms with Crippen molar-refractivity contribution in [3.8, 4) is 0 Å². The van der Waals surface area contributed by atoms with Gasteiger partial charge in [-0.05, 0) is 31.4 Å². The SMILES string of the molecule is Cc1csc(SCC(=O)NCCN2CC[C@@H](c3ccccc3)C2)n1. The summed E-state index contributed by atoms with van der Waals surface area (Å²) in [5.74, 6) is 1.16. The molecule has 1 aliphatic heterocycles. The van der Waals surface area contributed by atoms with E-state index >= 15 is 0 Å². The number of aromatic nitrogens is 1. The molecule has 4 nitrogen and oxygen atoms in total. The summed E-state index contributed by atoms with van der Waals surface area (Å²) in [5.41, 5.74) is 2.45. The lowest BCUT2D eigenvalue weighted by Crippen LogP contribution is -2.34. The predicted octanol–water partition coefficient (Wildman–Crippen LogP) is 3.15. The van der Waals surface area contributed by atoms with Crippen LogP contribution in [-0.2, 0) is 4.79 Å². The molecule has 0 spiro atoms. The van der Waals surface area contributed by atoms with Gasteiger partial charge in [0.05, 0.1) is 5.75 Å². The molecule has 0 aliphatic carbocycles. The monoisotopic (exact) mass is 361 g/mol. The topological polar surface area (TPSA) is 45.2 Å². The highest BCUT2D eigenvalue weighted by Crippen LogP contribution is 2.26. The van der Waals surface area contributed by atoms with Crippen LogP contribution < -0.4 is 5.32 Å². The molecular weight excluding hydrogens is 338 g/mol. The highest BCUT2D eigenvalue weighted by molar-refractivity contribution is 8.01. The summed E-state index contributed by atoms with van der Waals surface area (Å²) < 4.78 is 0.966. The van der Waals surface area contributed by atoms with Crippen molar-refractivity contribution < 1.29 is 4.79 Å². The first-order valence-corrected chi connectivity index (χ1v) is 10.2. The highest BCUT2D eigenvalue weighted by atomic mass is 32.2. The molecule has 0 bridgehead atoms. The number of nitrogens with zero attached hydrogens (tertiary/aromatic N) is 2. The van der Waals surface area contributed by atoms with Crippen molar-refractivity contribution in [1.82, 2.24) is 15.2 Å². The third-order valence-corrected chi connectivity index (χ3v) is 6.36. The number of carbonyl (C=O) groups excluding carboxylic acids is 1. The van der Waals surface area contributed by atoms with Gasteiger partial charge in [0, 0.05) is 30.7 Å². The van der Waals surface area contributed by atoms with Crippen LogP contribution in [0.4, 0.5) is 0 Å². The molecule has 24 heavy (non-hydrogen) atoms. The molecule has 0 saturated carbocycles. The second-order valence-corrected chi connectivity index (χ2v) is 8.17. The molecule has 1 fully saturated rings. The number of hydrogen-bond acceptors (Lipinski definition) is 5. The van der Waals surface area contributed by atoms with E-state index in [4.69, 9.17) is 0 Å². The normalized spacial score (nSPS) is 18.0. The van der Waals surface area contributed by atoms with Gasteiger partial charge in [0.15, 0.2) is 4.34 Å². The van der Waals surface area contributed by atoms with Crippen LogP contribution >= 0.6 is 23.1 Å². The minimum atomic E-state index is 0.0895. The van der Waals surface area contributed by atoms with E-state index in [1.165, 1.54) is 23.7 Å². The molecule has 0 unspecified atom stereocenters. The zero-order chi connectivity index (χ0) is 16.8. The van der Waals surface area contributed by atoms with Gasteiger partial charge >= 0.3 is 0 Å².